The SMILES string of the molecule is CNCCC(NC)c1cc(OC)c(OC)c(OC)c1. The Morgan fingerprint density at radius 3 is 1.95 bits per heavy atom. The van der Waals surface area contributed by atoms with Gasteiger partial charge in [-0.3, -0.25) is 0 Å². The summed E-state index contributed by atoms with van der Waals surface area (Å²) in [6.45, 7) is 0.933. The maximum atomic E-state index is 5.37. The summed E-state index contributed by atoms with van der Waals surface area (Å²) in [7, 11) is 8.76. The number of methoxy groups -OCH3 is 3. The van der Waals surface area contributed by atoms with Crippen LogP contribution in [0, 0.1) is 0 Å². The fourth-order valence-electron chi connectivity index (χ4n) is 2.07. The van der Waals surface area contributed by atoms with Gasteiger partial charge in [-0.25, -0.2) is 0 Å². The molecule has 0 aliphatic carbocycles. The molecule has 0 saturated carbocycles. The van der Waals surface area contributed by atoms with Gasteiger partial charge in [-0.2, -0.15) is 0 Å². The van der Waals surface area contributed by atoms with E-state index in [9.17, 15) is 0 Å². The first kappa shape index (κ1) is 15.6. The van der Waals surface area contributed by atoms with Gasteiger partial charge in [0.1, 0.15) is 0 Å². The highest BCUT2D eigenvalue weighted by molar-refractivity contribution is 5.54. The molecule has 1 rings (SSSR count). The van der Waals surface area contributed by atoms with Crippen molar-refractivity contribution in [2.24, 2.45) is 0 Å². The van der Waals surface area contributed by atoms with Gasteiger partial charge in [0.05, 0.1) is 21.3 Å². The first-order valence-corrected chi connectivity index (χ1v) is 6.33. The fourth-order valence-corrected chi connectivity index (χ4v) is 2.07. The predicted molar refractivity (Wildman–Crippen MR) is 76.4 cm³/mol. The third-order valence-corrected chi connectivity index (χ3v) is 3.12. The van der Waals surface area contributed by atoms with Gasteiger partial charge in [-0.1, -0.05) is 0 Å². The van der Waals surface area contributed by atoms with Gasteiger partial charge in [0.15, 0.2) is 11.5 Å². The Morgan fingerprint density at radius 2 is 1.58 bits per heavy atom. The Bertz CT molecular complexity index is 371. The second-order valence-electron chi connectivity index (χ2n) is 4.19. The Hall–Kier alpha value is -1.46. The largest absolute Gasteiger partial charge is 0.493 e. The van der Waals surface area contributed by atoms with Crippen LogP contribution in [0.2, 0.25) is 0 Å². The van der Waals surface area contributed by atoms with Crippen molar-refractivity contribution >= 4 is 0 Å². The van der Waals surface area contributed by atoms with Crippen LogP contribution in [0.1, 0.15) is 18.0 Å². The number of hydrogen-bond donors (Lipinski definition) is 2. The highest BCUT2D eigenvalue weighted by Gasteiger charge is 2.17. The van der Waals surface area contributed by atoms with Crippen LogP contribution >= 0.6 is 0 Å². The maximum Gasteiger partial charge on any atom is 0.203 e. The smallest absolute Gasteiger partial charge is 0.203 e. The molecule has 1 aromatic rings. The van der Waals surface area contributed by atoms with Crippen molar-refractivity contribution in [1.29, 1.82) is 0 Å². The third-order valence-electron chi connectivity index (χ3n) is 3.12. The summed E-state index contributed by atoms with van der Waals surface area (Å²) in [4.78, 5) is 0. The zero-order chi connectivity index (χ0) is 14.3. The maximum absolute atomic E-state index is 5.37. The molecule has 0 heterocycles. The lowest BCUT2D eigenvalue weighted by Gasteiger charge is -2.20. The number of ether oxygens (including phenoxy) is 3. The minimum absolute atomic E-state index is 0.237. The van der Waals surface area contributed by atoms with E-state index in [-0.39, 0.29) is 6.04 Å². The van der Waals surface area contributed by atoms with E-state index in [2.05, 4.69) is 10.6 Å². The molecule has 0 radical (unpaired) electrons. The predicted octanol–water partition coefficient (Wildman–Crippen LogP) is 1.58. The van der Waals surface area contributed by atoms with Crippen LogP contribution in [0.25, 0.3) is 0 Å². The third kappa shape index (κ3) is 3.75. The Morgan fingerprint density at radius 1 is 1.00 bits per heavy atom. The minimum atomic E-state index is 0.237. The average molecular weight is 268 g/mol. The molecule has 108 valence electrons. The van der Waals surface area contributed by atoms with Crippen LogP contribution in [-0.4, -0.2) is 42.0 Å². The molecule has 0 spiro atoms. The quantitative estimate of drug-likeness (QED) is 0.750. The lowest BCUT2D eigenvalue weighted by molar-refractivity contribution is 0.323. The molecule has 0 aliphatic heterocycles. The number of benzene rings is 1. The topological polar surface area (TPSA) is 51.8 Å². The van der Waals surface area contributed by atoms with Gasteiger partial charge in [0.2, 0.25) is 5.75 Å². The van der Waals surface area contributed by atoms with Crippen molar-refractivity contribution in [3.8, 4) is 17.2 Å². The summed E-state index contributed by atoms with van der Waals surface area (Å²) in [5, 5.41) is 6.46. The summed E-state index contributed by atoms with van der Waals surface area (Å²) in [6.07, 6.45) is 0.978. The first-order chi connectivity index (χ1) is 9.21. The second kappa shape index (κ2) is 7.86. The molecule has 0 aromatic heterocycles. The molecular weight excluding hydrogens is 244 g/mol. The van der Waals surface area contributed by atoms with Crippen molar-refractivity contribution in [2.45, 2.75) is 12.5 Å². The molecule has 1 aromatic carbocycles. The Labute approximate surface area is 115 Å². The normalized spacial score (nSPS) is 12.1. The molecule has 0 amide bonds. The van der Waals surface area contributed by atoms with Gasteiger partial charge in [0.25, 0.3) is 0 Å². The molecule has 0 saturated heterocycles. The van der Waals surface area contributed by atoms with Gasteiger partial charge in [0, 0.05) is 6.04 Å². The average Bonchev–Trinajstić information content (AvgIpc) is 2.46. The van der Waals surface area contributed by atoms with Gasteiger partial charge in [-0.05, 0) is 44.8 Å². The Balaban J connectivity index is 3.12. The zero-order valence-electron chi connectivity index (χ0n) is 12.4. The van der Waals surface area contributed by atoms with Crippen molar-refractivity contribution in [1.82, 2.24) is 10.6 Å². The molecule has 1 atom stereocenters. The molecule has 5 nitrogen and oxygen atoms in total. The molecular formula is C14H24N2O3. The van der Waals surface area contributed by atoms with Gasteiger partial charge in [-0.15, -0.1) is 0 Å². The van der Waals surface area contributed by atoms with E-state index in [1.807, 2.05) is 26.2 Å². The van der Waals surface area contributed by atoms with E-state index in [4.69, 9.17) is 14.2 Å². The molecule has 0 bridgehead atoms. The first-order valence-electron chi connectivity index (χ1n) is 6.33. The molecule has 1 unspecified atom stereocenters. The van der Waals surface area contributed by atoms with Crippen molar-refractivity contribution in [2.75, 3.05) is 42.0 Å². The summed E-state index contributed by atoms with van der Waals surface area (Å²) in [5.41, 5.74) is 1.12. The van der Waals surface area contributed by atoms with Crippen LogP contribution in [0.5, 0.6) is 17.2 Å². The second-order valence-corrected chi connectivity index (χ2v) is 4.19. The van der Waals surface area contributed by atoms with E-state index in [1.165, 1.54) is 0 Å². The number of rotatable bonds is 8. The Kier molecular flexibility index (Phi) is 6.45. The number of nitrogens with one attached hydrogen (secondary N) is 2. The zero-order valence-corrected chi connectivity index (χ0v) is 12.4. The van der Waals surface area contributed by atoms with E-state index < -0.39 is 0 Å². The number of hydrogen-bond acceptors (Lipinski definition) is 5. The lowest BCUT2D eigenvalue weighted by Crippen LogP contribution is -2.21. The van der Waals surface area contributed by atoms with Crippen molar-refractivity contribution < 1.29 is 14.2 Å². The highest BCUT2D eigenvalue weighted by atomic mass is 16.5. The summed E-state index contributed by atoms with van der Waals surface area (Å²) in [5.74, 6) is 1.99. The molecule has 19 heavy (non-hydrogen) atoms. The molecule has 5 heteroatoms. The molecule has 0 fully saturated rings. The summed E-state index contributed by atoms with van der Waals surface area (Å²) < 4.78 is 16.1. The fraction of sp³-hybridized carbons (Fsp3) is 0.571. The monoisotopic (exact) mass is 268 g/mol. The van der Waals surface area contributed by atoms with Crippen molar-refractivity contribution in [3.63, 3.8) is 0 Å². The molecule has 2 N–H and O–H groups in total. The van der Waals surface area contributed by atoms with E-state index in [0.29, 0.717) is 17.2 Å². The van der Waals surface area contributed by atoms with Crippen LogP contribution in [0.15, 0.2) is 12.1 Å². The summed E-state index contributed by atoms with van der Waals surface area (Å²) in [6, 6.07) is 4.21. The van der Waals surface area contributed by atoms with Crippen molar-refractivity contribution in [3.05, 3.63) is 17.7 Å². The lowest BCUT2D eigenvalue weighted by atomic mass is 10.0. The standard InChI is InChI=1S/C14H24N2O3/c1-15-7-6-11(16-2)10-8-12(17-3)14(19-5)13(9-10)18-4/h8-9,11,15-16H,6-7H2,1-5H3. The van der Waals surface area contributed by atoms with E-state index >= 15 is 0 Å². The molecule has 0 aliphatic rings. The van der Waals surface area contributed by atoms with Crippen LogP contribution in [-0.2, 0) is 0 Å². The van der Waals surface area contributed by atoms with Crippen LogP contribution < -0.4 is 24.8 Å². The van der Waals surface area contributed by atoms with Crippen LogP contribution in [0.4, 0.5) is 0 Å². The van der Waals surface area contributed by atoms with Gasteiger partial charge < -0.3 is 24.8 Å². The van der Waals surface area contributed by atoms with Crippen LogP contribution in [0.3, 0.4) is 0 Å². The summed E-state index contributed by atoms with van der Waals surface area (Å²) >= 11 is 0. The highest BCUT2D eigenvalue weighted by Crippen LogP contribution is 2.39. The van der Waals surface area contributed by atoms with E-state index in [1.54, 1.807) is 21.3 Å². The van der Waals surface area contributed by atoms with E-state index in [0.717, 1.165) is 18.5 Å². The minimum Gasteiger partial charge on any atom is -0.493 e. The van der Waals surface area contributed by atoms with Gasteiger partial charge >= 0.3 is 0 Å².